The van der Waals surface area contributed by atoms with Gasteiger partial charge >= 0.3 is 48.4 Å². The van der Waals surface area contributed by atoms with Crippen molar-refractivity contribution in [1.82, 2.24) is 0 Å². The maximum Gasteiger partial charge on any atom is 0.458 e. The number of hydrogen-bond donors (Lipinski definition) is 0. The second kappa shape index (κ2) is 9.75. The lowest BCUT2D eigenvalue weighted by Crippen LogP contribution is -2.58. The summed E-state index contributed by atoms with van der Waals surface area (Å²) in [6.45, 7) is 1.22. The fourth-order valence-electron chi connectivity index (χ4n) is 1.81. The molecule has 2 atom stereocenters. The van der Waals surface area contributed by atoms with Gasteiger partial charge in [-0.1, -0.05) is 13.8 Å². The van der Waals surface area contributed by atoms with E-state index in [1.54, 1.807) is 0 Å². The Kier molecular flexibility index (Phi) is 9.18. The molecule has 0 aromatic heterocycles. The Morgan fingerprint density at radius 3 is 0.909 bits per heavy atom. The maximum atomic E-state index is 13.6. The Morgan fingerprint density at radius 2 is 0.758 bits per heavy atom. The highest BCUT2D eigenvalue weighted by Gasteiger charge is 2.76. The highest BCUT2D eigenvalue weighted by atomic mass is 19.4. The fourth-order valence-corrected chi connectivity index (χ4v) is 1.81. The molecule has 0 fully saturated rings. The van der Waals surface area contributed by atoms with Crippen LogP contribution in [0.25, 0.3) is 0 Å². The van der Waals surface area contributed by atoms with Gasteiger partial charge in [-0.25, -0.2) is 9.59 Å². The van der Waals surface area contributed by atoms with Crippen molar-refractivity contribution >= 4 is 11.9 Å². The normalized spacial score (nSPS) is 16.4. The van der Waals surface area contributed by atoms with Crippen molar-refractivity contribution in [2.75, 3.05) is 0 Å². The molecule has 0 aliphatic rings. The summed E-state index contributed by atoms with van der Waals surface area (Å²) in [6, 6.07) is 0. The summed E-state index contributed by atoms with van der Waals surface area (Å²) >= 11 is 0. The molecule has 19 heteroatoms. The number of carbonyl (C=O) groups excluding carboxylic acids is 2. The van der Waals surface area contributed by atoms with E-state index in [0.717, 1.165) is 0 Å². The molecule has 0 spiro atoms. The van der Waals surface area contributed by atoms with Crippen molar-refractivity contribution in [3.8, 4) is 0 Å². The second-order valence-electron chi connectivity index (χ2n) is 5.95. The van der Waals surface area contributed by atoms with Crippen LogP contribution in [-0.4, -0.2) is 60.6 Å². The van der Waals surface area contributed by atoms with Crippen LogP contribution in [0.5, 0.6) is 0 Å². The monoisotopic (exact) mass is 526 g/mol. The first-order chi connectivity index (χ1) is 14.4. The van der Waals surface area contributed by atoms with E-state index in [1.807, 2.05) is 0 Å². The van der Waals surface area contributed by atoms with E-state index < -0.39 is 73.4 Å². The lowest BCUT2D eigenvalue weighted by atomic mass is 10.2. The fraction of sp³-hybridized carbons (Fsp3) is 0.857. The van der Waals surface area contributed by atoms with Crippen LogP contribution in [0.2, 0.25) is 0 Å². The summed E-state index contributed by atoms with van der Waals surface area (Å²) in [5.41, 5.74) is 0. The standard InChI is InChI=1S/C14H12F14O5/c1-3-5(32-9(15,11(17,18)19)12(20,21)22)7(29)31-8(30)6(4-2)33-10(16,13(23,24)25)14(26,27)28/h5-6H,3-4H2,1-2H3. The first-order valence-corrected chi connectivity index (χ1v) is 8.15. The van der Waals surface area contributed by atoms with E-state index in [0.29, 0.717) is 13.8 Å². The molecule has 0 N–H and O–H groups in total. The molecular formula is C14H12F14O5. The molecule has 5 nitrogen and oxygen atoms in total. The minimum Gasteiger partial charge on any atom is -0.389 e. The van der Waals surface area contributed by atoms with Crippen LogP contribution in [0.15, 0.2) is 0 Å². The van der Waals surface area contributed by atoms with Crippen LogP contribution < -0.4 is 0 Å². The van der Waals surface area contributed by atoms with Gasteiger partial charge in [0, 0.05) is 0 Å². The Morgan fingerprint density at radius 1 is 0.545 bits per heavy atom. The molecule has 0 heterocycles. The van der Waals surface area contributed by atoms with Gasteiger partial charge in [-0.05, 0) is 12.8 Å². The topological polar surface area (TPSA) is 61.8 Å². The van der Waals surface area contributed by atoms with Gasteiger partial charge in [-0.15, -0.1) is 0 Å². The highest BCUT2D eigenvalue weighted by molar-refractivity contribution is 5.90. The Bertz CT molecular complexity index is 606. The van der Waals surface area contributed by atoms with Crippen LogP contribution >= 0.6 is 0 Å². The predicted molar refractivity (Wildman–Crippen MR) is 73.3 cm³/mol. The Labute approximate surface area is 173 Å². The molecule has 0 amide bonds. The van der Waals surface area contributed by atoms with Gasteiger partial charge in [0.1, 0.15) is 0 Å². The smallest absolute Gasteiger partial charge is 0.389 e. The van der Waals surface area contributed by atoms with Gasteiger partial charge in [-0.3, -0.25) is 0 Å². The van der Waals surface area contributed by atoms with Gasteiger partial charge in [0.05, 0.1) is 0 Å². The molecule has 0 rings (SSSR count). The minimum absolute atomic E-state index is 0.608. The summed E-state index contributed by atoms with van der Waals surface area (Å²) in [6.07, 6.45) is -36.2. The summed E-state index contributed by atoms with van der Waals surface area (Å²) < 4.78 is 187. The lowest BCUT2D eigenvalue weighted by Gasteiger charge is -2.33. The summed E-state index contributed by atoms with van der Waals surface area (Å²) in [5, 5.41) is 0. The molecule has 33 heavy (non-hydrogen) atoms. The average molecular weight is 526 g/mol. The van der Waals surface area contributed by atoms with Crippen molar-refractivity contribution in [3.63, 3.8) is 0 Å². The molecule has 0 saturated heterocycles. The molecule has 0 radical (unpaired) electrons. The average Bonchev–Trinajstić information content (AvgIpc) is 2.59. The van der Waals surface area contributed by atoms with Crippen LogP contribution in [0.4, 0.5) is 61.5 Å². The van der Waals surface area contributed by atoms with E-state index in [1.165, 1.54) is 0 Å². The van der Waals surface area contributed by atoms with Crippen LogP contribution in [0.1, 0.15) is 26.7 Å². The third-order valence-electron chi connectivity index (χ3n) is 3.54. The van der Waals surface area contributed by atoms with Crippen molar-refractivity contribution < 1.29 is 85.3 Å². The van der Waals surface area contributed by atoms with Gasteiger partial charge in [-0.2, -0.15) is 61.5 Å². The van der Waals surface area contributed by atoms with Gasteiger partial charge in [0.25, 0.3) is 0 Å². The third kappa shape index (κ3) is 6.57. The zero-order valence-corrected chi connectivity index (χ0v) is 15.9. The van der Waals surface area contributed by atoms with Crippen LogP contribution in [-0.2, 0) is 23.8 Å². The molecule has 0 saturated carbocycles. The second-order valence-corrected chi connectivity index (χ2v) is 5.95. The van der Waals surface area contributed by atoms with E-state index in [9.17, 15) is 71.1 Å². The van der Waals surface area contributed by atoms with Crippen molar-refractivity contribution in [1.29, 1.82) is 0 Å². The number of alkyl halides is 14. The van der Waals surface area contributed by atoms with Crippen LogP contribution in [0, 0.1) is 0 Å². The lowest BCUT2D eigenvalue weighted by molar-refractivity contribution is -0.437. The summed E-state index contributed by atoms with van der Waals surface area (Å²) in [4.78, 5) is 23.3. The molecular weight excluding hydrogens is 514 g/mol. The highest BCUT2D eigenvalue weighted by Crippen LogP contribution is 2.49. The number of halogens is 14. The number of rotatable bonds is 8. The molecule has 0 aliphatic heterocycles. The van der Waals surface area contributed by atoms with E-state index in [4.69, 9.17) is 0 Å². The Hall–Kier alpha value is -1.92. The summed E-state index contributed by atoms with van der Waals surface area (Å²) in [5.74, 6) is -18.1. The van der Waals surface area contributed by atoms with Gasteiger partial charge in [0.15, 0.2) is 12.2 Å². The van der Waals surface area contributed by atoms with Crippen LogP contribution in [0.3, 0.4) is 0 Å². The quantitative estimate of drug-likeness (QED) is 0.247. The van der Waals surface area contributed by atoms with Gasteiger partial charge < -0.3 is 14.2 Å². The van der Waals surface area contributed by atoms with E-state index in [2.05, 4.69) is 14.2 Å². The van der Waals surface area contributed by atoms with Gasteiger partial charge in [0.2, 0.25) is 0 Å². The largest absolute Gasteiger partial charge is 0.458 e. The molecule has 2 unspecified atom stereocenters. The molecule has 196 valence electrons. The molecule has 0 aliphatic carbocycles. The SMILES string of the molecule is CCC(OC(F)(C(F)(F)F)C(F)(F)F)C(=O)OC(=O)C(CC)OC(F)(C(F)(F)F)C(F)(F)F. The third-order valence-corrected chi connectivity index (χ3v) is 3.54. The number of carbonyl (C=O) groups is 2. The van der Waals surface area contributed by atoms with E-state index in [-0.39, 0.29) is 0 Å². The van der Waals surface area contributed by atoms with Crippen molar-refractivity contribution in [2.24, 2.45) is 0 Å². The first kappa shape index (κ1) is 31.1. The minimum atomic E-state index is -6.83. The molecule has 0 bridgehead atoms. The predicted octanol–water partition coefficient (Wildman–Crippen LogP) is 5.23. The zero-order chi connectivity index (χ0) is 26.8. The Balaban J connectivity index is 5.80. The number of hydrogen-bond acceptors (Lipinski definition) is 5. The number of esters is 2. The van der Waals surface area contributed by atoms with Crippen molar-refractivity contribution in [3.05, 3.63) is 0 Å². The van der Waals surface area contributed by atoms with E-state index >= 15 is 0 Å². The number of ether oxygens (including phenoxy) is 3. The molecule has 0 aromatic rings. The maximum absolute atomic E-state index is 13.6. The zero-order valence-electron chi connectivity index (χ0n) is 15.9. The molecule has 0 aromatic carbocycles. The van der Waals surface area contributed by atoms with Crippen molar-refractivity contribution in [2.45, 2.75) is 75.3 Å². The first-order valence-electron chi connectivity index (χ1n) is 8.15. The summed E-state index contributed by atoms with van der Waals surface area (Å²) in [7, 11) is 0.